The number of H-pyrrole nitrogens is 1. The molecule has 1 saturated heterocycles. The molecule has 1 aliphatic carbocycles. The molecule has 0 spiro atoms. The SMILES string of the molecule is CSc1nc(-c2ccnc(OCC3CCCCO3)c2)c(C2=CCC(F)C=C2)[nH]1. The van der Waals surface area contributed by atoms with Crippen LogP contribution in [0.25, 0.3) is 16.8 Å². The summed E-state index contributed by atoms with van der Waals surface area (Å²) in [4.78, 5) is 12.4. The van der Waals surface area contributed by atoms with Gasteiger partial charge in [-0.2, -0.15) is 0 Å². The number of aromatic nitrogens is 3. The first-order valence-electron chi connectivity index (χ1n) is 9.60. The smallest absolute Gasteiger partial charge is 0.213 e. The molecule has 1 fully saturated rings. The molecule has 1 N–H and O–H groups in total. The Kier molecular flexibility index (Phi) is 6.12. The zero-order valence-corrected chi connectivity index (χ0v) is 16.7. The van der Waals surface area contributed by atoms with Crippen LogP contribution in [0.3, 0.4) is 0 Å². The second-order valence-electron chi connectivity index (χ2n) is 6.92. The molecule has 2 aromatic heterocycles. The maximum Gasteiger partial charge on any atom is 0.213 e. The summed E-state index contributed by atoms with van der Waals surface area (Å²) >= 11 is 1.54. The predicted molar refractivity (Wildman–Crippen MR) is 109 cm³/mol. The second kappa shape index (κ2) is 8.92. The zero-order valence-electron chi connectivity index (χ0n) is 15.9. The van der Waals surface area contributed by atoms with Gasteiger partial charge in [0.15, 0.2) is 5.16 Å². The van der Waals surface area contributed by atoms with Gasteiger partial charge < -0.3 is 14.5 Å². The number of thioether (sulfide) groups is 1. The molecule has 2 atom stereocenters. The first-order valence-corrected chi connectivity index (χ1v) is 10.8. The van der Waals surface area contributed by atoms with Crippen molar-refractivity contribution < 1.29 is 13.9 Å². The number of allylic oxidation sites excluding steroid dienone is 4. The number of hydrogen-bond donors (Lipinski definition) is 1. The maximum atomic E-state index is 13.5. The third-order valence-corrected chi connectivity index (χ3v) is 5.49. The van der Waals surface area contributed by atoms with Gasteiger partial charge in [0.1, 0.15) is 12.8 Å². The molecule has 3 heterocycles. The van der Waals surface area contributed by atoms with Crippen LogP contribution in [0.15, 0.2) is 41.7 Å². The van der Waals surface area contributed by atoms with E-state index in [1.54, 1.807) is 24.0 Å². The highest BCUT2D eigenvalue weighted by molar-refractivity contribution is 7.98. The lowest BCUT2D eigenvalue weighted by Gasteiger charge is -2.22. The summed E-state index contributed by atoms with van der Waals surface area (Å²) in [5.74, 6) is 0.559. The van der Waals surface area contributed by atoms with Crippen molar-refractivity contribution in [2.45, 2.75) is 43.1 Å². The average Bonchev–Trinajstić information content (AvgIpc) is 3.18. The number of ether oxygens (including phenoxy) is 2. The van der Waals surface area contributed by atoms with Crippen LogP contribution in [0.4, 0.5) is 4.39 Å². The molecule has 0 bridgehead atoms. The molecule has 28 heavy (non-hydrogen) atoms. The van der Waals surface area contributed by atoms with E-state index < -0.39 is 6.17 Å². The van der Waals surface area contributed by atoms with E-state index in [1.807, 2.05) is 30.5 Å². The van der Waals surface area contributed by atoms with Gasteiger partial charge in [-0.25, -0.2) is 14.4 Å². The number of alkyl halides is 1. The van der Waals surface area contributed by atoms with Crippen molar-refractivity contribution in [2.75, 3.05) is 19.5 Å². The summed E-state index contributed by atoms with van der Waals surface area (Å²) in [7, 11) is 0. The Hall–Kier alpha value is -2.12. The molecule has 0 amide bonds. The topological polar surface area (TPSA) is 60.0 Å². The average molecular weight is 402 g/mol. The number of rotatable bonds is 6. The molecule has 4 rings (SSSR count). The molecule has 148 valence electrons. The number of imidazole rings is 1. The maximum absolute atomic E-state index is 13.5. The van der Waals surface area contributed by atoms with Crippen molar-refractivity contribution >= 4 is 17.3 Å². The van der Waals surface area contributed by atoms with E-state index in [4.69, 9.17) is 14.5 Å². The van der Waals surface area contributed by atoms with Crippen LogP contribution < -0.4 is 4.74 Å². The Morgan fingerprint density at radius 3 is 3.07 bits per heavy atom. The summed E-state index contributed by atoms with van der Waals surface area (Å²) in [5, 5.41) is 0.816. The Morgan fingerprint density at radius 2 is 2.32 bits per heavy atom. The van der Waals surface area contributed by atoms with Crippen LogP contribution in [-0.2, 0) is 4.74 Å². The summed E-state index contributed by atoms with van der Waals surface area (Å²) in [6.07, 6.45) is 11.9. The molecule has 2 aliphatic rings. The largest absolute Gasteiger partial charge is 0.475 e. The molecular weight excluding hydrogens is 377 g/mol. The lowest BCUT2D eigenvalue weighted by Crippen LogP contribution is -2.25. The molecule has 0 saturated carbocycles. The van der Waals surface area contributed by atoms with Gasteiger partial charge in [0.25, 0.3) is 0 Å². The summed E-state index contributed by atoms with van der Waals surface area (Å²) in [5.41, 5.74) is 3.57. The molecule has 0 aromatic carbocycles. The highest BCUT2D eigenvalue weighted by atomic mass is 32.2. The number of pyridine rings is 1. The van der Waals surface area contributed by atoms with Crippen molar-refractivity contribution in [1.29, 1.82) is 0 Å². The fourth-order valence-corrected chi connectivity index (χ4v) is 3.79. The van der Waals surface area contributed by atoms with Crippen molar-refractivity contribution in [3.05, 3.63) is 42.3 Å². The Morgan fingerprint density at radius 1 is 1.39 bits per heavy atom. The minimum Gasteiger partial charge on any atom is -0.475 e. The van der Waals surface area contributed by atoms with Crippen LogP contribution in [-0.4, -0.2) is 46.7 Å². The van der Waals surface area contributed by atoms with E-state index in [2.05, 4.69) is 9.97 Å². The lowest BCUT2D eigenvalue weighted by molar-refractivity contribution is -0.0119. The van der Waals surface area contributed by atoms with Crippen molar-refractivity contribution in [2.24, 2.45) is 0 Å². The first kappa shape index (κ1) is 19.2. The molecule has 2 aromatic rings. The van der Waals surface area contributed by atoms with Crippen LogP contribution in [0.5, 0.6) is 5.88 Å². The third kappa shape index (κ3) is 4.47. The predicted octanol–water partition coefficient (Wildman–Crippen LogP) is 4.82. The van der Waals surface area contributed by atoms with Crippen LogP contribution in [0, 0.1) is 0 Å². The van der Waals surface area contributed by atoms with E-state index in [-0.39, 0.29) is 6.10 Å². The Labute approximate surface area is 168 Å². The quantitative estimate of drug-likeness (QED) is 0.703. The lowest BCUT2D eigenvalue weighted by atomic mass is 10.00. The van der Waals surface area contributed by atoms with Crippen LogP contribution in [0.1, 0.15) is 31.4 Å². The number of halogens is 1. The van der Waals surface area contributed by atoms with Gasteiger partial charge in [0.05, 0.1) is 17.5 Å². The minimum absolute atomic E-state index is 0.134. The molecule has 7 heteroatoms. The zero-order chi connectivity index (χ0) is 19.3. The van der Waals surface area contributed by atoms with E-state index in [9.17, 15) is 4.39 Å². The van der Waals surface area contributed by atoms with E-state index in [0.717, 1.165) is 47.1 Å². The van der Waals surface area contributed by atoms with E-state index in [0.29, 0.717) is 18.9 Å². The van der Waals surface area contributed by atoms with Crippen molar-refractivity contribution in [1.82, 2.24) is 15.0 Å². The van der Waals surface area contributed by atoms with Crippen molar-refractivity contribution in [3.8, 4) is 17.1 Å². The molecule has 1 aliphatic heterocycles. The number of aromatic amines is 1. The third-order valence-electron chi connectivity index (χ3n) is 4.91. The Bertz CT molecular complexity index is 874. The van der Waals surface area contributed by atoms with Gasteiger partial charge in [0, 0.05) is 30.9 Å². The summed E-state index contributed by atoms with van der Waals surface area (Å²) in [6, 6.07) is 3.82. The first-order chi connectivity index (χ1) is 13.7. The normalized spacial score (nSPS) is 22.1. The highest BCUT2D eigenvalue weighted by Crippen LogP contribution is 2.33. The fourth-order valence-electron chi connectivity index (χ4n) is 3.40. The van der Waals surface area contributed by atoms with Gasteiger partial charge in [-0.15, -0.1) is 0 Å². The van der Waals surface area contributed by atoms with Crippen LogP contribution in [0.2, 0.25) is 0 Å². The fraction of sp³-hybridized carbons (Fsp3) is 0.429. The summed E-state index contributed by atoms with van der Waals surface area (Å²) < 4.78 is 25.1. The summed E-state index contributed by atoms with van der Waals surface area (Å²) in [6.45, 7) is 1.31. The molecule has 0 radical (unpaired) electrons. The van der Waals surface area contributed by atoms with Crippen molar-refractivity contribution in [3.63, 3.8) is 0 Å². The molecule has 2 unspecified atom stereocenters. The van der Waals surface area contributed by atoms with Gasteiger partial charge in [0.2, 0.25) is 5.88 Å². The standard InChI is InChI=1S/C21H24FN3O2S/c1-28-21-24-19(14-5-7-16(22)8-6-14)20(25-21)15-9-10-23-18(12-15)27-13-17-4-2-3-11-26-17/h5-7,9-10,12,16-17H,2-4,8,11,13H2,1H3,(H,24,25). The van der Waals surface area contributed by atoms with Gasteiger partial charge >= 0.3 is 0 Å². The van der Waals surface area contributed by atoms with E-state index in [1.165, 1.54) is 6.42 Å². The second-order valence-corrected chi connectivity index (χ2v) is 7.72. The van der Waals surface area contributed by atoms with Gasteiger partial charge in [-0.05, 0) is 43.2 Å². The highest BCUT2D eigenvalue weighted by Gasteiger charge is 2.19. The monoisotopic (exact) mass is 401 g/mol. The van der Waals surface area contributed by atoms with Gasteiger partial charge in [-0.1, -0.05) is 23.9 Å². The van der Waals surface area contributed by atoms with Crippen LogP contribution >= 0.6 is 11.8 Å². The Balaban J connectivity index is 1.56. The van der Waals surface area contributed by atoms with E-state index >= 15 is 0 Å². The molecular formula is C21H24FN3O2S. The number of hydrogen-bond acceptors (Lipinski definition) is 5. The number of nitrogens with one attached hydrogen (secondary N) is 1. The molecule has 5 nitrogen and oxygen atoms in total. The minimum atomic E-state index is -0.918. The van der Waals surface area contributed by atoms with Gasteiger partial charge in [-0.3, -0.25) is 0 Å². The number of nitrogens with zero attached hydrogens (tertiary/aromatic N) is 2.